The van der Waals surface area contributed by atoms with Crippen molar-refractivity contribution in [2.24, 2.45) is 0 Å². The molecule has 0 aliphatic carbocycles. The average Bonchev–Trinajstić information content (AvgIpc) is 3.24. The van der Waals surface area contributed by atoms with Gasteiger partial charge < -0.3 is 9.73 Å². The summed E-state index contributed by atoms with van der Waals surface area (Å²) in [6.45, 7) is 4.06. The number of benzene rings is 2. The Labute approximate surface area is 149 Å². The molecule has 4 aromatic rings. The summed E-state index contributed by atoms with van der Waals surface area (Å²) in [6.07, 6.45) is 0. The van der Waals surface area contributed by atoms with E-state index in [1.165, 1.54) is 11.3 Å². The molecule has 0 bridgehead atoms. The first-order chi connectivity index (χ1) is 12.1. The highest BCUT2D eigenvalue weighted by molar-refractivity contribution is 7.12. The number of hydrogen-bond donors (Lipinski definition) is 1. The number of rotatable bonds is 3. The number of nitrogens with zero attached hydrogens (tertiary/aromatic N) is 1. The number of aromatic nitrogens is 1. The highest BCUT2D eigenvalue weighted by Crippen LogP contribution is 2.29. The quantitative estimate of drug-likeness (QED) is 0.537. The number of thiophene rings is 1. The van der Waals surface area contributed by atoms with Crippen LogP contribution in [0, 0.1) is 13.8 Å². The maximum atomic E-state index is 12.2. The van der Waals surface area contributed by atoms with E-state index in [-0.39, 0.29) is 5.91 Å². The minimum atomic E-state index is -0.115. The van der Waals surface area contributed by atoms with Gasteiger partial charge in [-0.25, -0.2) is 4.98 Å². The summed E-state index contributed by atoms with van der Waals surface area (Å²) < 4.78 is 5.95. The Morgan fingerprint density at radius 1 is 1.12 bits per heavy atom. The van der Waals surface area contributed by atoms with Crippen LogP contribution in [0.5, 0.6) is 0 Å². The third-order valence-corrected chi connectivity index (χ3v) is 4.80. The van der Waals surface area contributed by atoms with Crippen LogP contribution in [-0.4, -0.2) is 10.9 Å². The minimum absolute atomic E-state index is 0.115. The van der Waals surface area contributed by atoms with Crippen molar-refractivity contribution < 1.29 is 9.21 Å². The first-order valence-corrected chi connectivity index (χ1v) is 8.81. The average molecular weight is 348 g/mol. The zero-order valence-electron chi connectivity index (χ0n) is 13.9. The number of carbonyl (C=O) groups is 1. The van der Waals surface area contributed by atoms with Gasteiger partial charge in [0, 0.05) is 11.3 Å². The first kappa shape index (κ1) is 15.6. The van der Waals surface area contributed by atoms with Crippen LogP contribution < -0.4 is 5.32 Å². The monoisotopic (exact) mass is 348 g/mol. The molecular formula is C20H16N2O2S. The van der Waals surface area contributed by atoms with Crippen LogP contribution in [0.25, 0.3) is 22.6 Å². The second-order valence-electron chi connectivity index (χ2n) is 5.96. The molecule has 0 radical (unpaired) electrons. The van der Waals surface area contributed by atoms with Crippen molar-refractivity contribution in [2.75, 3.05) is 5.32 Å². The zero-order valence-corrected chi connectivity index (χ0v) is 14.7. The van der Waals surface area contributed by atoms with Crippen molar-refractivity contribution >= 4 is 34.0 Å². The lowest BCUT2D eigenvalue weighted by Gasteiger charge is -2.04. The second kappa shape index (κ2) is 6.18. The van der Waals surface area contributed by atoms with E-state index in [4.69, 9.17) is 4.42 Å². The summed E-state index contributed by atoms with van der Waals surface area (Å²) in [7, 11) is 0. The van der Waals surface area contributed by atoms with Crippen LogP contribution in [0.2, 0.25) is 0 Å². The molecule has 0 saturated carbocycles. The van der Waals surface area contributed by atoms with Crippen LogP contribution in [0.3, 0.4) is 0 Å². The predicted molar refractivity (Wildman–Crippen MR) is 101 cm³/mol. The molecule has 0 fully saturated rings. The number of nitrogens with one attached hydrogen (secondary N) is 1. The van der Waals surface area contributed by atoms with Crippen LogP contribution in [0.1, 0.15) is 20.8 Å². The highest BCUT2D eigenvalue weighted by atomic mass is 32.1. The maximum absolute atomic E-state index is 12.2. The van der Waals surface area contributed by atoms with Crippen molar-refractivity contribution in [3.8, 4) is 11.5 Å². The fourth-order valence-electron chi connectivity index (χ4n) is 2.83. The van der Waals surface area contributed by atoms with E-state index in [1.54, 1.807) is 6.07 Å². The normalized spacial score (nSPS) is 11.0. The molecular weight excluding hydrogens is 332 g/mol. The van der Waals surface area contributed by atoms with E-state index in [0.717, 1.165) is 27.8 Å². The highest BCUT2D eigenvalue weighted by Gasteiger charge is 2.12. The molecule has 5 heteroatoms. The van der Waals surface area contributed by atoms with Gasteiger partial charge in [-0.2, -0.15) is 0 Å². The van der Waals surface area contributed by atoms with Gasteiger partial charge in [-0.1, -0.05) is 18.2 Å². The van der Waals surface area contributed by atoms with Gasteiger partial charge in [0.1, 0.15) is 5.52 Å². The first-order valence-electron chi connectivity index (χ1n) is 7.93. The number of fused-ring (bicyclic) bond motifs is 1. The number of oxazole rings is 1. The fourth-order valence-corrected chi connectivity index (χ4v) is 3.45. The molecule has 1 N–H and O–H groups in total. The summed E-state index contributed by atoms with van der Waals surface area (Å²) in [6, 6.07) is 15.3. The molecule has 0 atom stereocenters. The Balaban J connectivity index is 1.67. The lowest BCUT2D eigenvalue weighted by atomic mass is 10.1. The summed E-state index contributed by atoms with van der Waals surface area (Å²) in [5.41, 5.74) is 5.41. The Hall–Kier alpha value is -2.92. The van der Waals surface area contributed by atoms with E-state index >= 15 is 0 Å². The van der Waals surface area contributed by atoms with E-state index in [1.807, 2.05) is 55.6 Å². The molecule has 0 aliphatic rings. The molecule has 2 aromatic carbocycles. The van der Waals surface area contributed by atoms with Gasteiger partial charge in [-0.05, 0) is 60.7 Å². The number of carbonyl (C=O) groups excluding carboxylic acids is 1. The Bertz CT molecular complexity index is 1060. The maximum Gasteiger partial charge on any atom is 0.265 e. The Morgan fingerprint density at radius 2 is 2.00 bits per heavy atom. The van der Waals surface area contributed by atoms with Crippen molar-refractivity contribution in [1.29, 1.82) is 0 Å². The van der Waals surface area contributed by atoms with Crippen molar-refractivity contribution in [3.63, 3.8) is 0 Å². The van der Waals surface area contributed by atoms with E-state index in [2.05, 4.69) is 16.4 Å². The number of anilines is 1. The molecule has 4 rings (SSSR count). The Morgan fingerprint density at radius 3 is 2.80 bits per heavy atom. The van der Waals surface area contributed by atoms with Crippen molar-refractivity contribution in [3.05, 3.63) is 69.9 Å². The van der Waals surface area contributed by atoms with E-state index < -0.39 is 0 Å². The molecule has 2 aromatic heterocycles. The van der Waals surface area contributed by atoms with E-state index in [0.29, 0.717) is 16.5 Å². The van der Waals surface area contributed by atoms with Crippen LogP contribution in [0.15, 0.2) is 58.3 Å². The SMILES string of the molecule is Cc1cc(C)c2oc(-c3cccc(NC(=O)c4cccs4)c3)nc2c1. The number of aryl methyl sites for hydroxylation is 2. The molecule has 0 unspecified atom stereocenters. The molecule has 2 heterocycles. The van der Waals surface area contributed by atoms with Gasteiger partial charge in [0.05, 0.1) is 4.88 Å². The van der Waals surface area contributed by atoms with Gasteiger partial charge in [-0.3, -0.25) is 4.79 Å². The third kappa shape index (κ3) is 3.06. The molecule has 124 valence electrons. The molecule has 0 spiro atoms. The van der Waals surface area contributed by atoms with Crippen LogP contribution >= 0.6 is 11.3 Å². The molecule has 0 saturated heterocycles. The second-order valence-corrected chi connectivity index (χ2v) is 6.91. The zero-order chi connectivity index (χ0) is 17.4. The summed E-state index contributed by atoms with van der Waals surface area (Å²) in [5.74, 6) is 0.437. The number of hydrogen-bond acceptors (Lipinski definition) is 4. The van der Waals surface area contributed by atoms with Gasteiger partial charge in [-0.15, -0.1) is 11.3 Å². The Kier molecular flexibility index (Phi) is 3.86. The van der Waals surface area contributed by atoms with Crippen molar-refractivity contribution in [2.45, 2.75) is 13.8 Å². The van der Waals surface area contributed by atoms with E-state index in [9.17, 15) is 4.79 Å². The standard InChI is InChI=1S/C20H16N2O2S/c1-12-9-13(2)18-16(10-12)22-20(24-18)14-5-3-6-15(11-14)21-19(23)17-7-4-8-25-17/h3-11H,1-2H3,(H,21,23). The minimum Gasteiger partial charge on any atom is -0.436 e. The molecule has 0 aliphatic heterocycles. The molecule has 1 amide bonds. The molecule has 25 heavy (non-hydrogen) atoms. The van der Waals surface area contributed by atoms with Crippen LogP contribution in [-0.2, 0) is 0 Å². The molecule has 4 nitrogen and oxygen atoms in total. The fraction of sp³-hybridized carbons (Fsp3) is 0.100. The lowest BCUT2D eigenvalue weighted by Crippen LogP contribution is -2.09. The summed E-state index contributed by atoms with van der Waals surface area (Å²) in [4.78, 5) is 17.5. The lowest BCUT2D eigenvalue weighted by molar-refractivity contribution is 0.103. The topological polar surface area (TPSA) is 55.1 Å². The van der Waals surface area contributed by atoms with Crippen molar-refractivity contribution in [1.82, 2.24) is 4.98 Å². The van der Waals surface area contributed by atoms with Gasteiger partial charge in [0.15, 0.2) is 5.58 Å². The number of amides is 1. The van der Waals surface area contributed by atoms with Gasteiger partial charge in [0.25, 0.3) is 5.91 Å². The van der Waals surface area contributed by atoms with Crippen LogP contribution in [0.4, 0.5) is 5.69 Å². The van der Waals surface area contributed by atoms with Gasteiger partial charge >= 0.3 is 0 Å². The summed E-state index contributed by atoms with van der Waals surface area (Å²) in [5, 5.41) is 4.79. The predicted octanol–water partition coefficient (Wildman–Crippen LogP) is 5.43. The summed E-state index contributed by atoms with van der Waals surface area (Å²) >= 11 is 1.41. The third-order valence-electron chi connectivity index (χ3n) is 3.93. The van der Waals surface area contributed by atoms with Gasteiger partial charge in [0.2, 0.25) is 5.89 Å². The smallest absolute Gasteiger partial charge is 0.265 e. The largest absolute Gasteiger partial charge is 0.436 e.